The summed E-state index contributed by atoms with van der Waals surface area (Å²) in [5, 5.41) is 24.9. The highest BCUT2D eigenvalue weighted by molar-refractivity contribution is 7.90. The minimum absolute atomic E-state index is 0.0305. The third-order valence-corrected chi connectivity index (χ3v) is 7.74. The molecule has 43 heavy (non-hydrogen) atoms. The van der Waals surface area contributed by atoms with Crippen LogP contribution < -0.4 is 9.64 Å². The molecule has 1 unspecified atom stereocenters. The van der Waals surface area contributed by atoms with Crippen molar-refractivity contribution < 1.29 is 27.8 Å². The van der Waals surface area contributed by atoms with E-state index in [1.54, 1.807) is 9.80 Å². The number of nitrogens with zero attached hydrogens (tertiary/aromatic N) is 4. The lowest BCUT2D eigenvalue weighted by molar-refractivity contribution is -0.393. The molecule has 1 amide bonds. The van der Waals surface area contributed by atoms with E-state index in [0.717, 1.165) is 34.9 Å². The van der Waals surface area contributed by atoms with Crippen LogP contribution in [0.5, 0.6) is 5.75 Å². The summed E-state index contributed by atoms with van der Waals surface area (Å²) in [5.74, 6) is 0.791. The van der Waals surface area contributed by atoms with Crippen molar-refractivity contribution in [1.82, 2.24) is 4.90 Å². The Morgan fingerprint density at radius 2 is 1.40 bits per heavy atom. The molecule has 0 bridgehead atoms. The topological polar surface area (TPSA) is 153 Å². The second-order valence-electron chi connectivity index (χ2n) is 9.83. The molecule has 0 aliphatic carbocycles. The van der Waals surface area contributed by atoms with Crippen LogP contribution in [0.25, 0.3) is 10.8 Å². The molecule has 0 aromatic heterocycles. The highest BCUT2D eigenvalue weighted by Crippen LogP contribution is 2.40. The lowest BCUT2D eigenvalue weighted by atomic mass is 10.1. The quantitative estimate of drug-likeness (QED) is 0.166. The fraction of sp³-hybridized carbons (Fsp3) is 0.433. The van der Waals surface area contributed by atoms with Crippen molar-refractivity contribution in [3.8, 4) is 5.75 Å². The largest absolute Gasteiger partial charge is 0.480 e. The number of hydrogen-bond donors (Lipinski definition) is 0. The Morgan fingerprint density at radius 1 is 0.884 bits per heavy atom. The lowest BCUT2D eigenvalue weighted by Gasteiger charge is -2.23. The maximum absolute atomic E-state index is 12.2. The zero-order chi connectivity index (χ0) is 32.3. The molecule has 0 aliphatic heterocycles. The van der Waals surface area contributed by atoms with E-state index in [0.29, 0.717) is 39.0 Å². The summed E-state index contributed by atoms with van der Waals surface area (Å²) < 4.78 is 29.2. The molecule has 0 fully saturated rings. The van der Waals surface area contributed by atoms with E-state index in [1.165, 1.54) is 0 Å². The van der Waals surface area contributed by atoms with E-state index in [2.05, 4.69) is 0 Å². The van der Waals surface area contributed by atoms with Gasteiger partial charge in [-0.05, 0) is 45.1 Å². The van der Waals surface area contributed by atoms with Crippen LogP contribution in [-0.2, 0) is 14.6 Å². The SMILES string of the molecule is CCCN(CCC)c1c([N+](=O)[O-])cc(S(C)(=O)=O)cc1[N+](=O)[O-].CCN(CC)C(=O)C(C)Oc1cccc2ccccc12. The Morgan fingerprint density at radius 3 is 1.86 bits per heavy atom. The molecule has 0 heterocycles. The van der Waals surface area contributed by atoms with Crippen LogP contribution >= 0.6 is 0 Å². The third-order valence-electron chi connectivity index (χ3n) is 6.64. The molecule has 3 rings (SSSR count). The molecular formula is C30H40N4O8S. The van der Waals surface area contributed by atoms with Gasteiger partial charge in [0.1, 0.15) is 5.75 Å². The summed E-state index contributed by atoms with van der Waals surface area (Å²) in [6.07, 6.45) is 1.66. The van der Waals surface area contributed by atoms with Crippen molar-refractivity contribution in [2.75, 3.05) is 37.3 Å². The van der Waals surface area contributed by atoms with Crippen molar-refractivity contribution in [3.63, 3.8) is 0 Å². The summed E-state index contributed by atoms with van der Waals surface area (Å²) in [4.78, 5) is 36.3. The highest BCUT2D eigenvalue weighted by Gasteiger charge is 2.32. The predicted octanol–water partition coefficient (Wildman–Crippen LogP) is 6.01. The third kappa shape index (κ3) is 9.11. The smallest absolute Gasteiger partial charge is 0.300 e. The van der Waals surface area contributed by atoms with Gasteiger partial charge in [0, 0.05) is 50.0 Å². The van der Waals surface area contributed by atoms with Crippen molar-refractivity contribution >= 4 is 43.6 Å². The molecular weight excluding hydrogens is 576 g/mol. The molecule has 3 aromatic rings. The Kier molecular flexibility index (Phi) is 12.9. The van der Waals surface area contributed by atoms with Gasteiger partial charge in [-0.3, -0.25) is 25.0 Å². The number of anilines is 1. The Balaban J connectivity index is 0.000000303. The number of fused-ring (bicyclic) bond motifs is 1. The van der Waals surface area contributed by atoms with Crippen LogP contribution in [0.2, 0.25) is 0 Å². The van der Waals surface area contributed by atoms with E-state index in [9.17, 15) is 33.4 Å². The first-order valence-electron chi connectivity index (χ1n) is 14.1. The minimum atomic E-state index is -3.81. The summed E-state index contributed by atoms with van der Waals surface area (Å²) in [7, 11) is -3.81. The molecule has 234 valence electrons. The monoisotopic (exact) mass is 616 g/mol. The van der Waals surface area contributed by atoms with Crippen molar-refractivity contribution in [2.24, 2.45) is 0 Å². The fourth-order valence-electron chi connectivity index (χ4n) is 4.60. The number of carbonyl (C=O) groups is 1. The zero-order valence-corrected chi connectivity index (χ0v) is 26.3. The van der Waals surface area contributed by atoms with E-state index in [-0.39, 0.29) is 11.6 Å². The second kappa shape index (κ2) is 15.8. The number of likely N-dealkylation sites (N-methyl/N-ethyl adjacent to an activating group) is 1. The molecule has 0 aliphatic rings. The summed E-state index contributed by atoms with van der Waals surface area (Å²) in [6.45, 7) is 11.7. The molecule has 1 atom stereocenters. The number of rotatable bonds is 13. The average molecular weight is 617 g/mol. The number of carbonyl (C=O) groups excluding carboxylic acids is 1. The molecule has 0 radical (unpaired) electrons. The van der Waals surface area contributed by atoms with Gasteiger partial charge >= 0.3 is 11.4 Å². The number of nitro groups is 2. The number of amides is 1. The van der Waals surface area contributed by atoms with Gasteiger partial charge in [0.2, 0.25) is 0 Å². The van der Waals surface area contributed by atoms with E-state index < -0.39 is 42.1 Å². The molecule has 0 saturated carbocycles. The van der Waals surface area contributed by atoms with Crippen LogP contribution in [0.15, 0.2) is 59.5 Å². The lowest BCUT2D eigenvalue weighted by Crippen LogP contribution is -2.40. The second-order valence-corrected chi connectivity index (χ2v) is 11.8. The molecule has 12 nitrogen and oxygen atoms in total. The molecule has 0 spiro atoms. The Labute approximate surface area is 252 Å². The van der Waals surface area contributed by atoms with Crippen LogP contribution in [-0.4, -0.2) is 67.6 Å². The first kappa shape index (κ1) is 34.9. The minimum Gasteiger partial charge on any atom is -0.480 e. The fourth-order valence-corrected chi connectivity index (χ4v) is 5.25. The van der Waals surface area contributed by atoms with Gasteiger partial charge in [-0.15, -0.1) is 0 Å². The molecule has 0 N–H and O–H groups in total. The van der Waals surface area contributed by atoms with Crippen molar-refractivity contribution in [1.29, 1.82) is 0 Å². The van der Waals surface area contributed by atoms with Gasteiger partial charge in [0.25, 0.3) is 5.91 Å². The normalized spacial score (nSPS) is 11.7. The number of benzene rings is 3. The maximum Gasteiger partial charge on any atom is 0.300 e. The molecule has 3 aromatic carbocycles. The standard InChI is InChI=1S/C17H21NO2.C13H19N3O6S/c1-4-18(5-2)17(19)13(3)20-16-12-8-10-14-9-6-7-11-15(14)16;1-4-6-14(7-5-2)13-11(15(17)18)8-10(23(3,21)22)9-12(13)16(19)20/h6-13H,4-5H2,1-3H3;8-9H,4-7H2,1-3H3. The van der Waals surface area contributed by atoms with Crippen LogP contribution in [0, 0.1) is 20.2 Å². The Hall–Kier alpha value is -4.26. The summed E-state index contributed by atoms with van der Waals surface area (Å²) >= 11 is 0. The van der Waals surface area contributed by atoms with Crippen molar-refractivity contribution in [2.45, 2.75) is 58.5 Å². The highest BCUT2D eigenvalue weighted by atomic mass is 32.2. The molecule has 0 saturated heterocycles. The van der Waals surface area contributed by atoms with Gasteiger partial charge < -0.3 is 14.5 Å². The van der Waals surface area contributed by atoms with Gasteiger partial charge in [-0.1, -0.05) is 50.2 Å². The van der Waals surface area contributed by atoms with E-state index in [1.807, 2.05) is 77.1 Å². The van der Waals surface area contributed by atoms with Gasteiger partial charge in [-0.2, -0.15) is 0 Å². The van der Waals surface area contributed by atoms with E-state index in [4.69, 9.17) is 4.74 Å². The van der Waals surface area contributed by atoms with Crippen molar-refractivity contribution in [3.05, 3.63) is 74.8 Å². The first-order chi connectivity index (χ1) is 20.3. The number of nitro benzene ring substituents is 2. The summed E-state index contributed by atoms with van der Waals surface area (Å²) in [5.41, 5.74) is -1.28. The molecule has 13 heteroatoms. The van der Waals surface area contributed by atoms with Crippen LogP contribution in [0.3, 0.4) is 0 Å². The van der Waals surface area contributed by atoms with Crippen LogP contribution in [0.1, 0.15) is 47.5 Å². The van der Waals surface area contributed by atoms with Crippen LogP contribution in [0.4, 0.5) is 17.1 Å². The average Bonchev–Trinajstić information content (AvgIpc) is 2.97. The number of sulfone groups is 1. The van der Waals surface area contributed by atoms with E-state index >= 15 is 0 Å². The number of ether oxygens (including phenoxy) is 1. The first-order valence-corrected chi connectivity index (χ1v) is 16.0. The zero-order valence-electron chi connectivity index (χ0n) is 25.5. The maximum atomic E-state index is 12.2. The number of hydrogen-bond acceptors (Lipinski definition) is 9. The van der Waals surface area contributed by atoms with Gasteiger partial charge in [0.15, 0.2) is 21.6 Å². The van der Waals surface area contributed by atoms with Gasteiger partial charge in [0.05, 0.1) is 14.7 Å². The van der Waals surface area contributed by atoms with Gasteiger partial charge in [-0.25, -0.2) is 8.42 Å². The Bertz CT molecular complexity index is 1490. The summed E-state index contributed by atoms with van der Waals surface area (Å²) in [6, 6.07) is 15.7. The predicted molar refractivity (Wildman–Crippen MR) is 168 cm³/mol.